The van der Waals surface area contributed by atoms with E-state index < -0.39 is 0 Å². The molecular formula is C21H25N5OS. The van der Waals surface area contributed by atoms with E-state index in [-0.39, 0.29) is 11.8 Å². The van der Waals surface area contributed by atoms with Crippen LogP contribution in [0.3, 0.4) is 0 Å². The van der Waals surface area contributed by atoms with Gasteiger partial charge in [-0.3, -0.25) is 4.79 Å². The molecular weight excluding hydrogens is 370 g/mol. The van der Waals surface area contributed by atoms with Crippen molar-refractivity contribution in [1.29, 1.82) is 0 Å². The minimum absolute atomic E-state index is 0.0253. The summed E-state index contributed by atoms with van der Waals surface area (Å²) in [6, 6.07) is 1.89. The van der Waals surface area contributed by atoms with E-state index in [9.17, 15) is 4.79 Å². The highest BCUT2D eigenvalue weighted by atomic mass is 32.1. The molecule has 3 rings (SSSR count). The third kappa shape index (κ3) is 5.85. The number of thiazole rings is 1. The predicted molar refractivity (Wildman–Crippen MR) is 113 cm³/mol. The number of carbonyl (C=O) groups is 1. The van der Waals surface area contributed by atoms with Crippen molar-refractivity contribution in [2.24, 2.45) is 5.92 Å². The van der Waals surface area contributed by atoms with Crippen molar-refractivity contribution in [1.82, 2.24) is 20.3 Å². The highest BCUT2D eigenvalue weighted by molar-refractivity contribution is 7.09. The molecule has 1 atom stereocenters. The zero-order valence-corrected chi connectivity index (χ0v) is 16.6. The first-order valence-electron chi connectivity index (χ1n) is 9.42. The number of nitrogens with zero attached hydrogens (tertiary/aromatic N) is 4. The fraction of sp³-hybridized carbons (Fsp3) is 0.333. The summed E-state index contributed by atoms with van der Waals surface area (Å²) in [5.41, 5.74) is 1.02. The number of amides is 1. The molecule has 28 heavy (non-hydrogen) atoms. The summed E-state index contributed by atoms with van der Waals surface area (Å²) in [5.74, 6) is 0.945. The van der Waals surface area contributed by atoms with E-state index in [2.05, 4.69) is 37.8 Å². The molecule has 1 amide bonds. The Hall–Kier alpha value is -2.80. The van der Waals surface area contributed by atoms with Gasteiger partial charge >= 0.3 is 0 Å². The first-order chi connectivity index (χ1) is 13.8. The van der Waals surface area contributed by atoms with Gasteiger partial charge in [0.15, 0.2) is 0 Å². The topological polar surface area (TPSA) is 71.0 Å². The van der Waals surface area contributed by atoms with Crippen molar-refractivity contribution in [3.63, 3.8) is 0 Å². The number of hydrogen-bond acceptors (Lipinski definition) is 6. The molecule has 0 saturated carbocycles. The van der Waals surface area contributed by atoms with Crippen molar-refractivity contribution in [3.8, 4) is 0 Å². The molecule has 146 valence electrons. The SMILES string of the molecule is C=C/C=C\C=C/Cc1csc(CNC(=O)C2CCCN(c3ccncn3)C2)n1. The fourth-order valence-corrected chi connectivity index (χ4v) is 3.86. The zero-order valence-electron chi connectivity index (χ0n) is 15.8. The van der Waals surface area contributed by atoms with Crippen LogP contribution in [0.4, 0.5) is 5.82 Å². The minimum atomic E-state index is -0.0253. The van der Waals surface area contributed by atoms with Crippen LogP contribution in [-0.2, 0) is 17.8 Å². The van der Waals surface area contributed by atoms with Crippen LogP contribution in [-0.4, -0.2) is 33.9 Å². The van der Waals surface area contributed by atoms with Gasteiger partial charge in [-0.05, 0) is 18.9 Å². The first-order valence-corrected chi connectivity index (χ1v) is 10.3. The second-order valence-electron chi connectivity index (χ2n) is 6.56. The number of carbonyl (C=O) groups excluding carboxylic acids is 1. The highest BCUT2D eigenvalue weighted by Crippen LogP contribution is 2.21. The third-order valence-electron chi connectivity index (χ3n) is 4.52. The van der Waals surface area contributed by atoms with Crippen molar-refractivity contribution in [2.45, 2.75) is 25.8 Å². The summed E-state index contributed by atoms with van der Waals surface area (Å²) < 4.78 is 0. The lowest BCUT2D eigenvalue weighted by atomic mass is 9.97. The summed E-state index contributed by atoms with van der Waals surface area (Å²) in [7, 11) is 0. The first kappa shape index (κ1) is 19.9. The van der Waals surface area contributed by atoms with Gasteiger partial charge in [0.05, 0.1) is 18.2 Å². The molecule has 1 fully saturated rings. The summed E-state index contributed by atoms with van der Waals surface area (Å²) in [6.45, 7) is 5.73. The van der Waals surface area contributed by atoms with Gasteiger partial charge in [-0.15, -0.1) is 11.3 Å². The molecule has 0 spiro atoms. The number of allylic oxidation sites excluding steroid dienone is 5. The average Bonchev–Trinajstić information content (AvgIpc) is 3.20. The normalized spacial score (nSPS) is 17.3. The van der Waals surface area contributed by atoms with Crippen LogP contribution in [0.2, 0.25) is 0 Å². The second-order valence-corrected chi connectivity index (χ2v) is 7.50. The molecule has 0 radical (unpaired) electrons. The number of piperidine rings is 1. The van der Waals surface area contributed by atoms with E-state index in [0.29, 0.717) is 13.1 Å². The van der Waals surface area contributed by atoms with Gasteiger partial charge in [0, 0.05) is 31.1 Å². The Morgan fingerprint density at radius 1 is 1.39 bits per heavy atom. The highest BCUT2D eigenvalue weighted by Gasteiger charge is 2.26. The van der Waals surface area contributed by atoms with Gasteiger partial charge in [0.2, 0.25) is 5.91 Å². The van der Waals surface area contributed by atoms with E-state index >= 15 is 0 Å². The maximum absolute atomic E-state index is 12.6. The summed E-state index contributed by atoms with van der Waals surface area (Å²) in [4.78, 5) is 27.6. The average molecular weight is 396 g/mol. The van der Waals surface area contributed by atoms with Crippen molar-refractivity contribution < 1.29 is 4.79 Å². The van der Waals surface area contributed by atoms with Gasteiger partial charge in [-0.2, -0.15) is 0 Å². The number of rotatable bonds is 8. The fourth-order valence-electron chi connectivity index (χ4n) is 3.11. The maximum atomic E-state index is 12.6. The van der Waals surface area contributed by atoms with E-state index in [4.69, 9.17) is 0 Å². The molecule has 1 unspecified atom stereocenters. The number of anilines is 1. The number of aromatic nitrogens is 3. The van der Waals surface area contributed by atoms with E-state index in [0.717, 1.165) is 42.3 Å². The zero-order chi connectivity index (χ0) is 19.6. The quantitative estimate of drug-likeness (QED) is 0.695. The molecule has 0 aliphatic carbocycles. The Kier molecular flexibility index (Phi) is 7.49. The third-order valence-corrected chi connectivity index (χ3v) is 5.41. The van der Waals surface area contributed by atoms with Gasteiger partial charge in [0.25, 0.3) is 0 Å². The summed E-state index contributed by atoms with van der Waals surface area (Å²) >= 11 is 1.58. The Labute approximate surface area is 169 Å². The lowest BCUT2D eigenvalue weighted by Crippen LogP contribution is -2.43. The van der Waals surface area contributed by atoms with Crippen LogP contribution in [0.1, 0.15) is 23.5 Å². The molecule has 1 aliphatic rings. The minimum Gasteiger partial charge on any atom is -0.356 e. The van der Waals surface area contributed by atoms with E-state index in [1.165, 1.54) is 0 Å². The van der Waals surface area contributed by atoms with Crippen LogP contribution in [0, 0.1) is 5.92 Å². The Morgan fingerprint density at radius 3 is 3.14 bits per heavy atom. The molecule has 7 heteroatoms. The van der Waals surface area contributed by atoms with Crippen molar-refractivity contribution in [2.75, 3.05) is 18.0 Å². The molecule has 6 nitrogen and oxygen atoms in total. The molecule has 2 aromatic heterocycles. The summed E-state index contributed by atoms with van der Waals surface area (Å²) in [6.07, 6.45) is 15.5. The van der Waals surface area contributed by atoms with Crippen molar-refractivity contribution in [3.05, 3.63) is 71.6 Å². The van der Waals surface area contributed by atoms with Crippen LogP contribution in [0.15, 0.2) is 60.9 Å². The maximum Gasteiger partial charge on any atom is 0.225 e. The molecule has 1 saturated heterocycles. The standard InChI is InChI=1S/C21H25N5OS/c1-2-3-4-5-6-9-18-15-28-20(25-18)13-23-21(27)17-8-7-12-26(14-17)19-10-11-22-16-24-19/h2-6,10-11,15-17H,1,7-9,12-14H2,(H,23,27)/b4-3-,6-5-. The second kappa shape index (κ2) is 10.5. The molecule has 0 aromatic carbocycles. The van der Waals surface area contributed by atoms with E-state index in [1.54, 1.807) is 29.9 Å². The largest absolute Gasteiger partial charge is 0.356 e. The monoisotopic (exact) mass is 395 g/mol. The number of hydrogen-bond donors (Lipinski definition) is 1. The molecule has 1 N–H and O–H groups in total. The van der Waals surface area contributed by atoms with Crippen LogP contribution < -0.4 is 10.2 Å². The number of nitrogens with one attached hydrogen (secondary N) is 1. The Morgan fingerprint density at radius 2 is 2.32 bits per heavy atom. The molecule has 2 aromatic rings. The predicted octanol–water partition coefficient (Wildman–Crippen LogP) is 3.31. The van der Waals surface area contributed by atoms with Gasteiger partial charge in [-0.25, -0.2) is 15.0 Å². The van der Waals surface area contributed by atoms with E-state index in [1.807, 2.05) is 29.7 Å². The Balaban J connectivity index is 1.47. The van der Waals surface area contributed by atoms with Gasteiger partial charge in [-0.1, -0.05) is 37.0 Å². The molecule has 3 heterocycles. The summed E-state index contributed by atoms with van der Waals surface area (Å²) in [5, 5.41) is 6.02. The molecule has 0 bridgehead atoms. The molecule has 1 aliphatic heterocycles. The lowest BCUT2D eigenvalue weighted by Gasteiger charge is -2.32. The van der Waals surface area contributed by atoms with Crippen LogP contribution in [0.25, 0.3) is 0 Å². The smallest absolute Gasteiger partial charge is 0.225 e. The Bertz CT molecular complexity index is 830. The van der Waals surface area contributed by atoms with Gasteiger partial charge < -0.3 is 10.2 Å². The van der Waals surface area contributed by atoms with Crippen LogP contribution >= 0.6 is 11.3 Å². The van der Waals surface area contributed by atoms with Gasteiger partial charge in [0.1, 0.15) is 17.2 Å². The van der Waals surface area contributed by atoms with Crippen molar-refractivity contribution >= 4 is 23.1 Å². The van der Waals surface area contributed by atoms with Crippen LogP contribution in [0.5, 0.6) is 0 Å². The lowest BCUT2D eigenvalue weighted by molar-refractivity contribution is -0.125.